The molecular weight excluding hydrogens is 336 g/mol. The Labute approximate surface area is 129 Å². The molecule has 2 aromatic heterocycles. The highest BCUT2D eigenvalue weighted by Crippen LogP contribution is 2.29. The molecule has 3 rings (SSSR count). The Hall–Kier alpha value is -1.40. The van der Waals surface area contributed by atoms with Crippen LogP contribution in [-0.4, -0.2) is 19.7 Å². The number of aryl methyl sites for hydroxylation is 1. The van der Waals surface area contributed by atoms with Crippen molar-refractivity contribution in [2.24, 2.45) is 0 Å². The van der Waals surface area contributed by atoms with Crippen LogP contribution in [0.25, 0.3) is 10.9 Å². The van der Waals surface area contributed by atoms with Gasteiger partial charge in [0.25, 0.3) is 0 Å². The lowest BCUT2D eigenvalue weighted by molar-refractivity contribution is 0.652. The lowest BCUT2D eigenvalue weighted by atomic mass is 10.2. The Kier molecular flexibility index (Phi) is 4.03. The summed E-state index contributed by atoms with van der Waals surface area (Å²) >= 11 is 5.24. The van der Waals surface area contributed by atoms with Gasteiger partial charge in [-0.1, -0.05) is 30.0 Å². The molecule has 0 atom stereocenters. The van der Waals surface area contributed by atoms with Crippen LogP contribution in [0.1, 0.15) is 12.6 Å². The molecule has 0 amide bonds. The molecule has 0 unspecified atom stereocenters. The maximum Gasteiger partial charge on any atom is 0.117 e. The van der Waals surface area contributed by atoms with E-state index in [0.29, 0.717) is 0 Å². The minimum atomic E-state index is 0.786. The van der Waals surface area contributed by atoms with Crippen molar-refractivity contribution < 1.29 is 0 Å². The van der Waals surface area contributed by atoms with Gasteiger partial charge in [0.1, 0.15) is 11.4 Å². The Balaban J connectivity index is 1.85. The van der Waals surface area contributed by atoms with E-state index in [9.17, 15) is 0 Å². The van der Waals surface area contributed by atoms with Crippen molar-refractivity contribution in [3.63, 3.8) is 0 Å². The molecule has 20 heavy (non-hydrogen) atoms. The van der Waals surface area contributed by atoms with Crippen molar-refractivity contribution in [3.05, 3.63) is 47.0 Å². The molecule has 0 aliphatic rings. The Morgan fingerprint density at radius 2 is 2.10 bits per heavy atom. The van der Waals surface area contributed by atoms with Crippen LogP contribution >= 0.6 is 27.7 Å². The normalized spacial score (nSPS) is 11.1. The monoisotopic (exact) mass is 348 g/mol. The van der Waals surface area contributed by atoms with Crippen molar-refractivity contribution in [2.75, 3.05) is 0 Å². The van der Waals surface area contributed by atoms with E-state index in [1.807, 2.05) is 29.1 Å². The molecule has 0 aliphatic carbocycles. The number of aromatic nitrogens is 4. The summed E-state index contributed by atoms with van der Waals surface area (Å²) in [5, 5.41) is 6.61. The topological polar surface area (TPSA) is 43.6 Å². The first-order chi connectivity index (χ1) is 9.78. The second-order valence-corrected chi connectivity index (χ2v) is 6.08. The fourth-order valence-electron chi connectivity index (χ4n) is 1.93. The van der Waals surface area contributed by atoms with Gasteiger partial charge in [0.05, 0.1) is 15.7 Å². The first-order valence-electron chi connectivity index (χ1n) is 6.32. The molecule has 0 saturated heterocycles. The van der Waals surface area contributed by atoms with Crippen LogP contribution < -0.4 is 0 Å². The highest BCUT2D eigenvalue weighted by atomic mass is 79.9. The maximum atomic E-state index is 4.53. The minimum absolute atomic E-state index is 0.786. The SMILES string of the molecule is CCn1cc(Br)c(CSc2ncnc3ccccc23)n1. The van der Waals surface area contributed by atoms with Crippen LogP contribution in [0.3, 0.4) is 0 Å². The number of benzene rings is 1. The lowest BCUT2D eigenvalue weighted by Gasteiger charge is -2.03. The second kappa shape index (κ2) is 5.93. The fourth-order valence-corrected chi connectivity index (χ4v) is 3.51. The van der Waals surface area contributed by atoms with E-state index in [-0.39, 0.29) is 0 Å². The quantitative estimate of drug-likeness (QED) is 0.529. The third-order valence-corrected chi connectivity index (χ3v) is 4.64. The Morgan fingerprint density at radius 3 is 2.90 bits per heavy atom. The molecule has 0 saturated carbocycles. The lowest BCUT2D eigenvalue weighted by Crippen LogP contribution is -1.95. The summed E-state index contributed by atoms with van der Waals surface area (Å²) in [4.78, 5) is 8.66. The largest absolute Gasteiger partial charge is 0.272 e. The zero-order chi connectivity index (χ0) is 13.9. The number of nitrogens with zero attached hydrogens (tertiary/aromatic N) is 4. The van der Waals surface area contributed by atoms with E-state index in [4.69, 9.17) is 0 Å². The molecule has 0 radical (unpaired) electrons. The molecule has 0 fully saturated rings. The number of hydrogen-bond acceptors (Lipinski definition) is 4. The highest BCUT2D eigenvalue weighted by molar-refractivity contribution is 9.10. The number of hydrogen-bond donors (Lipinski definition) is 0. The molecule has 1 aromatic carbocycles. The van der Waals surface area contributed by atoms with Gasteiger partial charge in [-0.05, 0) is 28.9 Å². The smallest absolute Gasteiger partial charge is 0.117 e. The third-order valence-electron chi connectivity index (χ3n) is 2.96. The van der Waals surface area contributed by atoms with Crippen LogP contribution in [0, 0.1) is 0 Å². The van der Waals surface area contributed by atoms with Gasteiger partial charge >= 0.3 is 0 Å². The Bertz CT molecular complexity index is 736. The third kappa shape index (κ3) is 2.71. The number of rotatable bonds is 4. The molecule has 3 aromatic rings. The molecule has 4 nitrogen and oxygen atoms in total. The van der Waals surface area contributed by atoms with E-state index in [0.717, 1.165) is 38.4 Å². The number of halogens is 1. The van der Waals surface area contributed by atoms with Gasteiger partial charge in [0.2, 0.25) is 0 Å². The number of para-hydroxylation sites is 1. The average molecular weight is 349 g/mol. The van der Waals surface area contributed by atoms with Gasteiger partial charge in [0.15, 0.2) is 0 Å². The Morgan fingerprint density at radius 1 is 1.25 bits per heavy atom. The van der Waals surface area contributed by atoms with Gasteiger partial charge < -0.3 is 0 Å². The van der Waals surface area contributed by atoms with E-state index < -0.39 is 0 Å². The minimum Gasteiger partial charge on any atom is -0.272 e. The summed E-state index contributed by atoms with van der Waals surface area (Å²) in [5.41, 5.74) is 2.02. The van der Waals surface area contributed by atoms with Crippen molar-refractivity contribution in [1.29, 1.82) is 0 Å². The van der Waals surface area contributed by atoms with E-state index in [1.165, 1.54) is 0 Å². The first kappa shape index (κ1) is 13.6. The van der Waals surface area contributed by atoms with Crippen molar-refractivity contribution in [1.82, 2.24) is 19.7 Å². The molecule has 0 bridgehead atoms. The summed E-state index contributed by atoms with van der Waals surface area (Å²) in [6, 6.07) is 8.06. The zero-order valence-electron chi connectivity index (χ0n) is 11.0. The second-order valence-electron chi connectivity index (χ2n) is 4.26. The zero-order valence-corrected chi connectivity index (χ0v) is 13.4. The summed E-state index contributed by atoms with van der Waals surface area (Å²) in [5.74, 6) is 0.786. The molecule has 0 N–H and O–H groups in total. The molecule has 0 aliphatic heterocycles. The van der Waals surface area contributed by atoms with E-state index in [1.54, 1.807) is 18.1 Å². The van der Waals surface area contributed by atoms with Gasteiger partial charge in [-0.3, -0.25) is 4.68 Å². The van der Waals surface area contributed by atoms with Gasteiger partial charge in [-0.15, -0.1) is 0 Å². The fraction of sp³-hybridized carbons (Fsp3) is 0.214. The standard InChI is InChI=1S/C14H13BrN4S/c1-2-19-7-11(15)13(18-19)8-20-14-10-5-3-4-6-12(10)16-9-17-14/h3-7,9H,2,8H2,1H3. The molecule has 0 spiro atoms. The summed E-state index contributed by atoms with van der Waals surface area (Å²) in [7, 11) is 0. The van der Waals surface area contributed by atoms with Crippen LogP contribution in [0.5, 0.6) is 0 Å². The highest BCUT2D eigenvalue weighted by Gasteiger charge is 2.09. The first-order valence-corrected chi connectivity index (χ1v) is 8.10. The molecule has 2 heterocycles. The molecule has 6 heteroatoms. The van der Waals surface area contributed by atoms with Crippen LogP contribution in [0.15, 0.2) is 46.3 Å². The predicted octanol–water partition coefficient (Wildman–Crippen LogP) is 3.90. The van der Waals surface area contributed by atoms with Crippen LogP contribution in [0.4, 0.5) is 0 Å². The maximum absolute atomic E-state index is 4.53. The number of fused-ring (bicyclic) bond motifs is 1. The van der Waals surface area contributed by atoms with Gasteiger partial charge in [-0.25, -0.2) is 9.97 Å². The van der Waals surface area contributed by atoms with Crippen molar-refractivity contribution in [3.8, 4) is 0 Å². The molecular formula is C14H13BrN4S. The predicted molar refractivity (Wildman–Crippen MR) is 84.7 cm³/mol. The summed E-state index contributed by atoms with van der Waals surface area (Å²) < 4.78 is 2.98. The van der Waals surface area contributed by atoms with Crippen molar-refractivity contribution >= 4 is 38.6 Å². The van der Waals surface area contributed by atoms with Crippen LogP contribution in [-0.2, 0) is 12.3 Å². The summed E-state index contributed by atoms with van der Waals surface area (Å²) in [6.07, 6.45) is 3.62. The van der Waals surface area contributed by atoms with Gasteiger partial charge in [0, 0.05) is 23.9 Å². The van der Waals surface area contributed by atoms with Crippen molar-refractivity contribution in [2.45, 2.75) is 24.2 Å². The van der Waals surface area contributed by atoms with Crippen LogP contribution in [0.2, 0.25) is 0 Å². The van der Waals surface area contributed by atoms with Gasteiger partial charge in [-0.2, -0.15) is 5.10 Å². The average Bonchev–Trinajstić information content (AvgIpc) is 2.85. The van der Waals surface area contributed by atoms with E-state index in [2.05, 4.69) is 44.0 Å². The molecule has 102 valence electrons. The van der Waals surface area contributed by atoms with E-state index >= 15 is 0 Å². The summed E-state index contributed by atoms with van der Waals surface area (Å²) in [6.45, 7) is 2.95. The number of thioether (sulfide) groups is 1.